The van der Waals surface area contributed by atoms with Gasteiger partial charge in [0.1, 0.15) is 13.2 Å². The number of unbranched alkanes of at least 4 members (excludes halogenated alkanes) is 7. The van der Waals surface area contributed by atoms with Gasteiger partial charge in [0.2, 0.25) is 0 Å². The maximum absolute atomic E-state index is 12.7. The van der Waals surface area contributed by atoms with Gasteiger partial charge in [-0.3, -0.25) is 14.4 Å². The molecule has 0 aromatic carbocycles. The number of hydrogen-bond acceptors (Lipinski definition) is 6. The lowest BCUT2D eigenvalue weighted by atomic mass is 10.1. The van der Waals surface area contributed by atoms with Crippen LogP contribution in [0.1, 0.15) is 175 Å². The molecular formula is C57H86O6. The summed E-state index contributed by atoms with van der Waals surface area (Å²) in [6.07, 6.45) is 71.7. The Morgan fingerprint density at radius 1 is 0.349 bits per heavy atom. The smallest absolute Gasteiger partial charge is 0.309 e. The second kappa shape index (κ2) is 49.9. The summed E-state index contributed by atoms with van der Waals surface area (Å²) in [7, 11) is 0. The number of esters is 3. The fraction of sp³-hybridized carbons (Fsp3) is 0.526. The minimum atomic E-state index is -0.875. The molecule has 63 heavy (non-hydrogen) atoms. The van der Waals surface area contributed by atoms with Crippen LogP contribution in [-0.2, 0) is 28.6 Å². The van der Waals surface area contributed by atoms with E-state index in [1.165, 1.54) is 44.9 Å². The topological polar surface area (TPSA) is 78.9 Å². The molecule has 0 aliphatic carbocycles. The van der Waals surface area contributed by atoms with Gasteiger partial charge >= 0.3 is 17.9 Å². The van der Waals surface area contributed by atoms with Crippen molar-refractivity contribution in [3.8, 4) is 0 Å². The van der Waals surface area contributed by atoms with Crippen molar-refractivity contribution in [3.63, 3.8) is 0 Å². The first-order valence-electron chi connectivity index (χ1n) is 24.3. The van der Waals surface area contributed by atoms with Crippen LogP contribution < -0.4 is 0 Å². The molecule has 0 amide bonds. The molecule has 0 fully saturated rings. The minimum absolute atomic E-state index is 0.105. The van der Waals surface area contributed by atoms with E-state index in [2.05, 4.69) is 142 Å². The molecule has 0 aromatic heterocycles. The van der Waals surface area contributed by atoms with Gasteiger partial charge in [-0.05, 0) is 103 Å². The molecule has 0 bridgehead atoms. The first-order chi connectivity index (χ1) is 31.0. The van der Waals surface area contributed by atoms with Gasteiger partial charge in [-0.15, -0.1) is 0 Å². The van der Waals surface area contributed by atoms with E-state index in [1.54, 1.807) is 6.08 Å². The zero-order valence-corrected chi connectivity index (χ0v) is 39.8. The van der Waals surface area contributed by atoms with Gasteiger partial charge < -0.3 is 14.2 Å². The summed E-state index contributed by atoms with van der Waals surface area (Å²) >= 11 is 0. The third-order valence-electron chi connectivity index (χ3n) is 9.36. The van der Waals surface area contributed by atoms with Crippen molar-refractivity contribution in [2.24, 2.45) is 0 Å². The Morgan fingerprint density at radius 2 is 0.714 bits per heavy atom. The highest BCUT2D eigenvalue weighted by Gasteiger charge is 2.19. The number of allylic oxidation sites excluding steroid dienone is 23. The van der Waals surface area contributed by atoms with E-state index in [1.807, 2.05) is 18.2 Å². The van der Waals surface area contributed by atoms with E-state index in [0.717, 1.165) is 77.0 Å². The Kier molecular flexibility index (Phi) is 46.2. The Labute approximate surface area is 385 Å². The van der Waals surface area contributed by atoms with Gasteiger partial charge in [0, 0.05) is 12.8 Å². The van der Waals surface area contributed by atoms with Crippen molar-refractivity contribution in [2.45, 2.75) is 181 Å². The van der Waals surface area contributed by atoms with Crippen LogP contribution >= 0.6 is 0 Å². The Balaban J connectivity index is 4.62. The maximum Gasteiger partial charge on any atom is 0.309 e. The normalized spacial score (nSPS) is 13.4. The van der Waals surface area contributed by atoms with E-state index < -0.39 is 24.0 Å². The van der Waals surface area contributed by atoms with Crippen molar-refractivity contribution >= 4 is 17.9 Å². The van der Waals surface area contributed by atoms with Crippen LogP contribution in [0.4, 0.5) is 0 Å². The molecule has 6 nitrogen and oxygen atoms in total. The van der Waals surface area contributed by atoms with Crippen molar-refractivity contribution in [1.29, 1.82) is 0 Å². The Morgan fingerprint density at radius 3 is 1.17 bits per heavy atom. The van der Waals surface area contributed by atoms with Crippen LogP contribution in [0.15, 0.2) is 146 Å². The van der Waals surface area contributed by atoms with E-state index in [4.69, 9.17) is 14.2 Å². The molecule has 0 aliphatic heterocycles. The number of rotatable bonds is 41. The Bertz CT molecular complexity index is 1460. The van der Waals surface area contributed by atoms with E-state index >= 15 is 0 Å². The zero-order valence-electron chi connectivity index (χ0n) is 39.8. The van der Waals surface area contributed by atoms with Gasteiger partial charge in [-0.1, -0.05) is 199 Å². The fourth-order valence-electron chi connectivity index (χ4n) is 5.78. The van der Waals surface area contributed by atoms with E-state index in [9.17, 15) is 14.4 Å². The second-order valence-corrected chi connectivity index (χ2v) is 15.3. The first-order valence-corrected chi connectivity index (χ1v) is 24.3. The fourth-order valence-corrected chi connectivity index (χ4v) is 5.78. The second-order valence-electron chi connectivity index (χ2n) is 15.3. The molecular weight excluding hydrogens is 781 g/mol. The van der Waals surface area contributed by atoms with Crippen LogP contribution in [0.3, 0.4) is 0 Å². The molecule has 0 aromatic rings. The number of carbonyl (C=O) groups excluding carboxylic acids is 3. The summed E-state index contributed by atoms with van der Waals surface area (Å²) < 4.78 is 16.5. The van der Waals surface area contributed by atoms with Crippen LogP contribution in [0.2, 0.25) is 0 Å². The lowest BCUT2D eigenvalue weighted by Crippen LogP contribution is -2.30. The third kappa shape index (κ3) is 48.2. The predicted octanol–water partition coefficient (Wildman–Crippen LogP) is 16.1. The first kappa shape index (κ1) is 58.3. The summed E-state index contributed by atoms with van der Waals surface area (Å²) in [5.74, 6) is -1.24. The predicted molar refractivity (Wildman–Crippen MR) is 269 cm³/mol. The van der Waals surface area contributed by atoms with Crippen LogP contribution in [0, 0.1) is 0 Å². The standard InChI is InChI=1S/C57H86O6/c1-4-7-10-13-16-19-21-23-25-27-28-30-31-33-35-38-41-44-47-50-56(59)62-53-54(52-61-55(58)49-46-43-40-37-18-15-12-9-6-3)63-57(60)51-48-45-42-39-36-34-32-29-26-24-22-20-17-14-11-8-5-2/h7,9-10,12,16,18-19,23-26,28,30,32-35,37,39,41-44,46,54H,4-6,8,11,13-15,17,20-22,27,29,31,36,38,40,45,47-53H2,1-3H3/b10-7-,12-9-,19-16-,25-23-,26-24-,30-28-,34-32-,35-33-,37-18-,42-39-,44-41-,46-43-. The summed E-state index contributed by atoms with van der Waals surface area (Å²) in [5.41, 5.74) is 0. The van der Waals surface area contributed by atoms with Crippen LogP contribution in [0.25, 0.3) is 0 Å². The van der Waals surface area contributed by atoms with Gasteiger partial charge in [0.15, 0.2) is 6.10 Å². The molecule has 0 heterocycles. The van der Waals surface area contributed by atoms with Crippen LogP contribution in [-0.4, -0.2) is 37.2 Å². The molecule has 0 radical (unpaired) electrons. The summed E-state index contributed by atoms with van der Waals surface area (Å²) in [5, 5.41) is 0. The lowest BCUT2D eigenvalue weighted by Gasteiger charge is -2.18. The number of ether oxygens (including phenoxy) is 3. The SMILES string of the molecule is CC/C=C\C/C=C\C/C=C\C/C=C\C/C=C\C/C=C\CCC(=O)OCC(COC(=O)C/C=C\C/C=C\C/C=C\CC)OC(=O)CCC/C=C\C/C=C\C/C=C\CCCCCCCC. The number of hydrogen-bond donors (Lipinski definition) is 0. The van der Waals surface area contributed by atoms with Crippen molar-refractivity contribution in [1.82, 2.24) is 0 Å². The summed E-state index contributed by atoms with van der Waals surface area (Å²) in [6.45, 7) is 6.15. The highest BCUT2D eigenvalue weighted by molar-refractivity contribution is 5.72. The van der Waals surface area contributed by atoms with Gasteiger partial charge in [0.05, 0.1) is 6.42 Å². The molecule has 1 unspecified atom stereocenters. The highest BCUT2D eigenvalue weighted by Crippen LogP contribution is 2.09. The van der Waals surface area contributed by atoms with Crippen molar-refractivity contribution in [3.05, 3.63) is 146 Å². The van der Waals surface area contributed by atoms with Crippen molar-refractivity contribution in [2.75, 3.05) is 13.2 Å². The van der Waals surface area contributed by atoms with E-state index in [-0.39, 0.29) is 32.5 Å². The molecule has 6 heteroatoms. The van der Waals surface area contributed by atoms with E-state index in [0.29, 0.717) is 12.8 Å². The largest absolute Gasteiger partial charge is 0.462 e. The maximum atomic E-state index is 12.7. The highest BCUT2D eigenvalue weighted by atomic mass is 16.6. The van der Waals surface area contributed by atoms with Gasteiger partial charge in [0.25, 0.3) is 0 Å². The third-order valence-corrected chi connectivity index (χ3v) is 9.36. The summed E-state index contributed by atoms with van der Waals surface area (Å²) in [4.78, 5) is 37.7. The average molecular weight is 867 g/mol. The number of carbonyl (C=O) groups is 3. The molecule has 0 spiro atoms. The molecule has 0 aliphatic rings. The van der Waals surface area contributed by atoms with Gasteiger partial charge in [-0.2, -0.15) is 0 Å². The molecule has 0 rings (SSSR count). The lowest BCUT2D eigenvalue weighted by molar-refractivity contribution is -0.166. The minimum Gasteiger partial charge on any atom is -0.462 e. The summed E-state index contributed by atoms with van der Waals surface area (Å²) in [6, 6.07) is 0. The molecule has 0 saturated carbocycles. The molecule has 0 N–H and O–H groups in total. The molecule has 350 valence electrons. The monoisotopic (exact) mass is 867 g/mol. The Hall–Kier alpha value is -4.71. The quantitative estimate of drug-likeness (QED) is 0.0264. The average Bonchev–Trinajstić information content (AvgIpc) is 3.28. The van der Waals surface area contributed by atoms with Gasteiger partial charge in [-0.25, -0.2) is 0 Å². The molecule has 0 saturated heterocycles. The van der Waals surface area contributed by atoms with Crippen LogP contribution in [0.5, 0.6) is 0 Å². The van der Waals surface area contributed by atoms with Crippen molar-refractivity contribution < 1.29 is 28.6 Å². The molecule has 1 atom stereocenters. The zero-order chi connectivity index (χ0) is 45.8.